The molecule has 0 aliphatic carbocycles. The first-order valence-electron chi connectivity index (χ1n) is 11.9. The fourth-order valence-corrected chi connectivity index (χ4v) is 3.40. The minimum atomic E-state index is -1.64. The Morgan fingerprint density at radius 1 is 0.730 bits per heavy atom. The highest BCUT2D eigenvalue weighted by molar-refractivity contribution is 5.91. The lowest BCUT2D eigenvalue weighted by Gasteiger charge is -2.11. The molecule has 0 fully saturated rings. The summed E-state index contributed by atoms with van der Waals surface area (Å²) < 4.78 is 80.9. The molecule has 3 rings (SSSR count). The van der Waals surface area contributed by atoms with E-state index in [1.807, 2.05) is 0 Å². The van der Waals surface area contributed by atoms with E-state index < -0.39 is 46.4 Å². The van der Waals surface area contributed by atoms with E-state index in [1.165, 1.54) is 36.4 Å². The Balaban J connectivity index is 1.66. The minimum absolute atomic E-state index is 0.0675. The number of hydrogen-bond donors (Lipinski definition) is 0. The van der Waals surface area contributed by atoms with Crippen molar-refractivity contribution >= 4 is 5.97 Å². The molecule has 0 amide bonds. The quantitative estimate of drug-likeness (QED) is 0.0691. The number of ether oxygens (including phenoxy) is 2. The average Bonchev–Trinajstić information content (AvgIpc) is 2.90. The average molecular weight is 517 g/mol. The summed E-state index contributed by atoms with van der Waals surface area (Å²) in [5.74, 6) is -4.20. The predicted octanol–water partition coefficient (Wildman–Crippen LogP) is 7.74. The second-order valence-corrected chi connectivity index (χ2v) is 8.25. The van der Waals surface area contributed by atoms with Crippen molar-refractivity contribution in [2.24, 2.45) is 0 Å². The van der Waals surface area contributed by atoms with E-state index in [9.17, 15) is 26.7 Å². The highest BCUT2D eigenvalue weighted by Crippen LogP contribution is 2.30. The third kappa shape index (κ3) is 7.56. The van der Waals surface area contributed by atoms with Gasteiger partial charge in [0.2, 0.25) is 11.6 Å². The van der Waals surface area contributed by atoms with Gasteiger partial charge in [-0.15, -0.1) is 0 Å². The van der Waals surface area contributed by atoms with Gasteiger partial charge in [0.05, 0.1) is 12.2 Å². The van der Waals surface area contributed by atoms with Crippen LogP contribution in [0, 0.1) is 40.9 Å². The molecule has 3 aromatic rings. The van der Waals surface area contributed by atoms with Crippen LogP contribution in [0.5, 0.6) is 11.5 Å². The molecule has 194 valence electrons. The summed E-state index contributed by atoms with van der Waals surface area (Å²) in [5.41, 5.74) is -0.682. The highest BCUT2D eigenvalue weighted by atomic mass is 19.2. The zero-order valence-electron chi connectivity index (χ0n) is 20.2. The van der Waals surface area contributed by atoms with Crippen LogP contribution in [-0.4, -0.2) is 12.6 Å². The summed E-state index contributed by atoms with van der Waals surface area (Å²) in [6, 6.07) is 10.3. The van der Waals surface area contributed by atoms with Gasteiger partial charge in [0.15, 0.2) is 17.4 Å². The Kier molecular flexibility index (Phi) is 10.1. The van der Waals surface area contributed by atoms with E-state index in [0.29, 0.717) is 6.42 Å². The van der Waals surface area contributed by atoms with E-state index in [2.05, 4.69) is 18.8 Å². The fourth-order valence-electron chi connectivity index (χ4n) is 3.40. The lowest BCUT2D eigenvalue weighted by Crippen LogP contribution is -2.08. The van der Waals surface area contributed by atoms with Crippen molar-refractivity contribution in [1.29, 1.82) is 0 Å². The monoisotopic (exact) mass is 516 g/mol. The Bertz CT molecular complexity index is 1250. The number of hydrogen-bond acceptors (Lipinski definition) is 3. The normalized spacial score (nSPS) is 10.5. The van der Waals surface area contributed by atoms with Gasteiger partial charge in [0, 0.05) is 5.56 Å². The third-order valence-electron chi connectivity index (χ3n) is 5.44. The van der Waals surface area contributed by atoms with Crippen LogP contribution in [0.25, 0.3) is 0 Å². The zero-order valence-corrected chi connectivity index (χ0v) is 20.2. The van der Waals surface area contributed by atoms with E-state index in [-0.39, 0.29) is 23.5 Å². The number of carbonyl (C=O) groups excluding carboxylic acids is 1. The van der Waals surface area contributed by atoms with Crippen molar-refractivity contribution < 1.29 is 36.2 Å². The summed E-state index contributed by atoms with van der Waals surface area (Å²) in [4.78, 5) is 12.1. The van der Waals surface area contributed by atoms with E-state index in [0.717, 1.165) is 44.2 Å². The smallest absolute Gasteiger partial charge is 0.343 e. The van der Waals surface area contributed by atoms with Gasteiger partial charge in [-0.2, -0.15) is 8.78 Å². The van der Waals surface area contributed by atoms with Crippen molar-refractivity contribution in [3.8, 4) is 23.3 Å². The van der Waals surface area contributed by atoms with Gasteiger partial charge < -0.3 is 9.47 Å². The number of unbranched alkanes of at least 4 members (excludes halogenated alkanes) is 5. The van der Waals surface area contributed by atoms with Crippen LogP contribution in [0.4, 0.5) is 22.0 Å². The molecule has 0 bridgehead atoms. The topological polar surface area (TPSA) is 35.5 Å². The van der Waals surface area contributed by atoms with Gasteiger partial charge in [-0.3, -0.25) is 0 Å². The molecule has 0 aliphatic heterocycles. The number of benzene rings is 3. The van der Waals surface area contributed by atoms with Gasteiger partial charge in [-0.05, 0) is 55.0 Å². The Hall–Kier alpha value is -3.86. The summed E-state index contributed by atoms with van der Waals surface area (Å²) in [6.45, 7) is 2.02. The molecule has 8 heteroatoms. The van der Waals surface area contributed by atoms with Crippen LogP contribution in [0.3, 0.4) is 0 Å². The molecule has 3 aromatic carbocycles. The standard InChI is InChI=1S/C29H25F5O3/c1-2-3-4-5-6-7-18-36-28-26(33)24(31)23(25(32)27(28)34)17-10-19-8-15-22(16-9-19)37-29(35)20-11-13-21(30)14-12-20/h8-9,11-16H,2-7,18H2,1H3. The van der Waals surface area contributed by atoms with Crippen molar-refractivity contribution in [3.63, 3.8) is 0 Å². The molecule has 0 heterocycles. The SMILES string of the molecule is CCCCCCCCOc1c(F)c(F)c(C#Cc2ccc(OC(=O)c3ccc(F)cc3)cc2)c(F)c1F. The molecule has 0 radical (unpaired) electrons. The van der Waals surface area contributed by atoms with Gasteiger partial charge in [0.25, 0.3) is 0 Å². The molecular formula is C29H25F5O3. The zero-order chi connectivity index (χ0) is 26.8. The second kappa shape index (κ2) is 13.4. The molecule has 0 N–H and O–H groups in total. The van der Waals surface area contributed by atoms with Crippen molar-refractivity contribution in [2.45, 2.75) is 45.4 Å². The second-order valence-electron chi connectivity index (χ2n) is 8.25. The molecule has 0 atom stereocenters. The third-order valence-corrected chi connectivity index (χ3v) is 5.44. The highest BCUT2D eigenvalue weighted by Gasteiger charge is 2.26. The first-order valence-corrected chi connectivity index (χ1v) is 11.9. The maximum absolute atomic E-state index is 14.5. The Morgan fingerprint density at radius 3 is 1.95 bits per heavy atom. The summed E-state index contributed by atoms with van der Waals surface area (Å²) >= 11 is 0. The summed E-state index contributed by atoms with van der Waals surface area (Å²) in [7, 11) is 0. The number of halogens is 5. The van der Waals surface area contributed by atoms with Crippen LogP contribution in [0.1, 0.15) is 66.9 Å². The largest absolute Gasteiger partial charge is 0.487 e. The van der Waals surface area contributed by atoms with E-state index >= 15 is 0 Å². The van der Waals surface area contributed by atoms with Crippen LogP contribution in [0.15, 0.2) is 48.5 Å². The first kappa shape index (κ1) is 27.7. The van der Waals surface area contributed by atoms with Crippen LogP contribution in [-0.2, 0) is 0 Å². The molecule has 37 heavy (non-hydrogen) atoms. The lowest BCUT2D eigenvalue weighted by atomic mass is 10.1. The summed E-state index contributed by atoms with van der Waals surface area (Å²) in [6.07, 6.45) is 5.44. The van der Waals surface area contributed by atoms with Gasteiger partial charge >= 0.3 is 5.97 Å². The molecule has 0 spiro atoms. The van der Waals surface area contributed by atoms with Crippen LogP contribution < -0.4 is 9.47 Å². The van der Waals surface area contributed by atoms with Gasteiger partial charge in [0.1, 0.15) is 17.1 Å². The van der Waals surface area contributed by atoms with Crippen molar-refractivity contribution in [3.05, 3.63) is 94.3 Å². The maximum atomic E-state index is 14.5. The van der Waals surface area contributed by atoms with Crippen LogP contribution >= 0.6 is 0 Å². The van der Waals surface area contributed by atoms with E-state index in [4.69, 9.17) is 9.47 Å². The minimum Gasteiger partial charge on any atom is -0.487 e. The molecule has 0 aliphatic rings. The molecule has 0 saturated heterocycles. The molecule has 0 saturated carbocycles. The van der Waals surface area contributed by atoms with Gasteiger partial charge in [-0.1, -0.05) is 50.9 Å². The number of rotatable bonds is 10. The number of carbonyl (C=O) groups is 1. The number of esters is 1. The molecule has 0 aromatic heterocycles. The first-order chi connectivity index (χ1) is 17.8. The van der Waals surface area contributed by atoms with Crippen molar-refractivity contribution in [2.75, 3.05) is 6.61 Å². The van der Waals surface area contributed by atoms with Gasteiger partial charge in [-0.25, -0.2) is 18.0 Å². The molecular weight excluding hydrogens is 491 g/mol. The Morgan fingerprint density at radius 2 is 1.32 bits per heavy atom. The lowest BCUT2D eigenvalue weighted by molar-refractivity contribution is 0.0734. The maximum Gasteiger partial charge on any atom is 0.343 e. The fraction of sp³-hybridized carbons (Fsp3) is 0.276. The van der Waals surface area contributed by atoms with Crippen molar-refractivity contribution in [1.82, 2.24) is 0 Å². The summed E-state index contributed by atoms with van der Waals surface area (Å²) in [5, 5.41) is 0. The Labute approximate surface area is 212 Å². The van der Waals surface area contributed by atoms with E-state index in [1.54, 1.807) is 0 Å². The van der Waals surface area contributed by atoms with Crippen LogP contribution in [0.2, 0.25) is 0 Å². The molecule has 0 unspecified atom stereocenters. The predicted molar refractivity (Wildman–Crippen MR) is 129 cm³/mol. The molecule has 3 nitrogen and oxygen atoms in total.